The maximum absolute atomic E-state index is 3.67. The zero-order valence-electron chi connectivity index (χ0n) is 10.2. The summed E-state index contributed by atoms with van der Waals surface area (Å²) in [6.07, 6.45) is 6.19. The molecule has 0 radical (unpaired) electrons. The molecule has 1 fully saturated rings. The van der Waals surface area contributed by atoms with Gasteiger partial charge in [0.2, 0.25) is 0 Å². The molecule has 0 heterocycles. The molecule has 1 saturated carbocycles. The van der Waals surface area contributed by atoms with Crippen molar-refractivity contribution < 1.29 is 0 Å². The van der Waals surface area contributed by atoms with E-state index in [1.165, 1.54) is 12.0 Å². The van der Waals surface area contributed by atoms with Crippen molar-refractivity contribution in [3.05, 3.63) is 48.0 Å². The predicted molar refractivity (Wildman–Crippen MR) is 74.6 cm³/mol. The van der Waals surface area contributed by atoms with Gasteiger partial charge in [0, 0.05) is 12.0 Å². The van der Waals surface area contributed by atoms with Crippen LogP contribution < -0.4 is 5.32 Å². The van der Waals surface area contributed by atoms with Gasteiger partial charge in [-0.2, -0.15) is 0 Å². The van der Waals surface area contributed by atoms with Crippen molar-refractivity contribution >= 4 is 12.4 Å². The Morgan fingerprint density at radius 1 is 1.12 bits per heavy atom. The highest BCUT2D eigenvalue weighted by Crippen LogP contribution is 2.48. The van der Waals surface area contributed by atoms with Crippen LogP contribution in [0.3, 0.4) is 0 Å². The Labute approximate surface area is 110 Å². The minimum atomic E-state index is 0. The van der Waals surface area contributed by atoms with Crippen LogP contribution in [-0.4, -0.2) is 12.6 Å². The summed E-state index contributed by atoms with van der Waals surface area (Å²) < 4.78 is 0. The first-order chi connectivity index (χ1) is 7.90. The van der Waals surface area contributed by atoms with E-state index in [9.17, 15) is 0 Å². The quantitative estimate of drug-likeness (QED) is 0.810. The van der Waals surface area contributed by atoms with Crippen molar-refractivity contribution in [3.8, 4) is 0 Å². The van der Waals surface area contributed by atoms with Crippen LogP contribution in [0.2, 0.25) is 0 Å². The molecule has 1 aromatic rings. The molecule has 0 saturated heterocycles. The standard InChI is InChI=1S/C15H19N.ClH/c1-2-16-15-13-9-8-12(10-13)14(15)11-6-4-3-5-7-11;/h3-9,12-16H,2,10H2,1H3;1H/t12-,13+,14+,15+;/m1./s1. The molecule has 17 heavy (non-hydrogen) atoms. The third-order valence-corrected chi connectivity index (χ3v) is 4.08. The largest absolute Gasteiger partial charge is 0.313 e. The Morgan fingerprint density at radius 3 is 2.53 bits per heavy atom. The van der Waals surface area contributed by atoms with Gasteiger partial charge in [0.25, 0.3) is 0 Å². The van der Waals surface area contributed by atoms with Gasteiger partial charge in [-0.15, -0.1) is 12.4 Å². The zero-order chi connectivity index (χ0) is 11.0. The zero-order valence-corrected chi connectivity index (χ0v) is 11.0. The second-order valence-corrected chi connectivity index (χ2v) is 4.97. The molecule has 0 aliphatic heterocycles. The molecule has 1 nitrogen and oxygen atoms in total. The molecule has 0 amide bonds. The molecule has 1 aromatic carbocycles. The maximum atomic E-state index is 3.67. The van der Waals surface area contributed by atoms with Crippen molar-refractivity contribution in [2.24, 2.45) is 11.8 Å². The van der Waals surface area contributed by atoms with E-state index < -0.39 is 0 Å². The average molecular weight is 250 g/mol. The third-order valence-electron chi connectivity index (χ3n) is 4.08. The predicted octanol–water partition coefficient (Wildman–Crippen LogP) is 3.38. The van der Waals surface area contributed by atoms with Crippen molar-refractivity contribution in [3.63, 3.8) is 0 Å². The Bertz CT molecular complexity index is 387. The molecule has 0 spiro atoms. The molecule has 2 heteroatoms. The molecule has 2 bridgehead atoms. The second-order valence-electron chi connectivity index (χ2n) is 4.97. The summed E-state index contributed by atoms with van der Waals surface area (Å²) in [6.45, 7) is 3.28. The van der Waals surface area contributed by atoms with Gasteiger partial charge in [0.1, 0.15) is 0 Å². The number of likely N-dealkylation sites (N-methyl/N-ethyl adjacent to an activating group) is 1. The van der Waals surface area contributed by atoms with Crippen molar-refractivity contribution in [1.82, 2.24) is 5.32 Å². The number of rotatable bonds is 3. The Kier molecular flexibility index (Phi) is 3.90. The van der Waals surface area contributed by atoms with Gasteiger partial charge in [0.05, 0.1) is 0 Å². The van der Waals surface area contributed by atoms with E-state index in [4.69, 9.17) is 0 Å². The fourth-order valence-corrected chi connectivity index (χ4v) is 3.47. The molecule has 0 aromatic heterocycles. The van der Waals surface area contributed by atoms with Gasteiger partial charge in [0.15, 0.2) is 0 Å². The highest BCUT2D eigenvalue weighted by molar-refractivity contribution is 5.85. The maximum Gasteiger partial charge on any atom is 0.0204 e. The van der Waals surface area contributed by atoms with E-state index in [1.807, 2.05) is 0 Å². The van der Waals surface area contributed by atoms with Crippen molar-refractivity contribution in [2.75, 3.05) is 6.54 Å². The molecule has 4 atom stereocenters. The van der Waals surface area contributed by atoms with E-state index in [1.54, 1.807) is 0 Å². The van der Waals surface area contributed by atoms with Gasteiger partial charge < -0.3 is 5.32 Å². The van der Waals surface area contributed by atoms with E-state index in [0.717, 1.165) is 18.4 Å². The number of benzene rings is 1. The molecule has 1 N–H and O–H groups in total. The van der Waals surface area contributed by atoms with Crippen LogP contribution in [0.25, 0.3) is 0 Å². The highest BCUT2D eigenvalue weighted by atomic mass is 35.5. The number of allylic oxidation sites excluding steroid dienone is 1. The molecule has 3 rings (SSSR count). The van der Waals surface area contributed by atoms with Crippen LogP contribution in [0.15, 0.2) is 42.5 Å². The summed E-state index contributed by atoms with van der Waals surface area (Å²) in [6, 6.07) is 11.6. The molecule has 2 aliphatic rings. The molecular formula is C15H20ClN. The first kappa shape index (κ1) is 12.7. The number of fused-ring (bicyclic) bond motifs is 2. The fraction of sp³-hybridized carbons (Fsp3) is 0.467. The van der Waals surface area contributed by atoms with Gasteiger partial charge in [-0.05, 0) is 30.4 Å². The smallest absolute Gasteiger partial charge is 0.0204 e. The summed E-state index contributed by atoms with van der Waals surface area (Å²) in [7, 11) is 0. The normalized spacial score (nSPS) is 33.7. The topological polar surface area (TPSA) is 12.0 Å². The first-order valence-corrected chi connectivity index (χ1v) is 6.37. The van der Waals surface area contributed by atoms with Gasteiger partial charge in [-0.3, -0.25) is 0 Å². The van der Waals surface area contributed by atoms with Crippen LogP contribution in [0.5, 0.6) is 0 Å². The molecule has 0 unspecified atom stereocenters. The lowest BCUT2D eigenvalue weighted by molar-refractivity contribution is 0.416. The Morgan fingerprint density at radius 2 is 1.82 bits per heavy atom. The third kappa shape index (κ3) is 2.14. The van der Waals surface area contributed by atoms with Gasteiger partial charge in [-0.1, -0.05) is 49.4 Å². The minimum absolute atomic E-state index is 0. The van der Waals surface area contributed by atoms with Crippen LogP contribution in [0, 0.1) is 11.8 Å². The van der Waals surface area contributed by atoms with Crippen molar-refractivity contribution in [2.45, 2.75) is 25.3 Å². The second kappa shape index (κ2) is 5.24. The number of hydrogen-bond acceptors (Lipinski definition) is 1. The fourth-order valence-electron chi connectivity index (χ4n) is 3.47. The summed E-state index contributed by atoms with van der Waals surface area (Å²) in [5, 5.41) is 3.67. The first-order valence-electron chi connectivity index (χ1n) is 6.37. The SMILES string of the molecule is CCN[C@@H]1[C@@H](c2ccccc2)[C@@H]2C=C[C@H]1C2.Cl. The van der Waals surface area contributed by atoms with Gasteiger partial charge in [-0.25, -0.2) is 0 Å². The van der Waals surface area contributed by atoms with Crippen LogP contribution >= 0.6 is 12.4 Å². The van der Waals surface area contributed by atoms with Crippen LogP contribution in [0.4, 0.5) is 0 Å². The van der Waals surface area contributed by atoms with E-state index in [2.05, 4.69) is 54.7 Å². The monoisotopic (exact) mass is 249 g/mol. The van der Waals surface area contributed by atoms with Gasteiger partial charge >= 0.3 is 0 Å². The van der Waals surface area contributed by atoms with E-state index >= 15 is 0 Å². The number of nitrogens with one attached hydrogen (secondary N) is 1. The van der Waals surface area contributed by atoms with E-state index in [-0.39, 0.29) is 12.4 Å². The minimum Gasteiger partial charge on any atom is -0.313 e. The van der Waals surface area contributed by atoms with Crippen LogP contribution in [0.1, 0.15) is 24.8 Å². The lowest BCUT2D eigenvalue weighted by Crippen LogP contribution is -2.37. The van der Waals surface area contributed by atoms with E-state index in [0.29, 0.717) is 12.0 Å². The summed E-state index contributed by atoms with van der Waals surface area (Å²) in [5.74, 6) is 2.21. The summed E-state index contributed by atoms with van der Waals surface area (Å²) >= 11 is 0. The highest BCUT2D eigenvalue weighted by Gasteiger charge is 2.44. The summed E-state index contributed by atoms with van der Waals surface area (Å²) in [4.78, 5) is 0. The Balaban J connectivity index is 0.00000108. The lowest BCUT2D eigenvalue weighted by atomic mass is 9.83. The summed E-state index contributed by atoms with van der Waals surface area (Å²) in [5.41, 5.74) is 1.50. The molecule has 92 valence electrons. The number of hydrogen-bond donors (Lipinski definition) is 1. The molecule has 2 aliphatic carbocycles. The lowest BCUT2D eigenvalue weighted by Gasteiger charge is -2.29. The van der Waals surface area contributed by atoms with Crippen LogP contribution in [-0.2, 0) is 0 Å². The average Bonchev–Trinajstić information content (AvgIpc) is 2.91. The number of halogens is 1. The van der Waals surface area contributed by atoms with Crippen molar-refractivity contribution in [1.29, 1.82) is 0 Å². The Hall–Kier alpha value is -0.790. The molecular weight excluding hydrogens is 230 g/mol.